The summed E-state index contributed by atoms with van der Waals surface area (Å²) < 4.78 is 5.57. The summed E-state index contributed by atoms with van der Waals surface area (Å²) in [4.78, 5) is 36.1. The van der Waals surface area contributed by atoms with Crippen LogP contribution in [-0.2, 0) is 16.1 Å². The molecule has 2 aromatic rings. The minimum absolute atomic E-state index is 0.0164. The maximum absolute atomic E-state index is 12.8. The quantitative estimate of drug-likeness (QED) is 0.212. The molecule has 172 valence electrons. The lowest BCUT2D eigenvalue weighted by atomic mass is 9.85. The monoisotopic (exact) mass is 447 g/mol. The summed E-state index contributed by atoms with van der Waals surface area (Å²) in [6.45, 7) is 4.16. The van der Waals surface area contributed by atoms with Gasteiger partial charge in [-0.25, -0.2) is 9.98 Å². The van der Waals surface area contributed by atoms with Crippen LogP contribution in [0.1, 0.15) is 25.5 Å². The Morgan fingerprint density at radius 1 is 1.12 bits per heavy atom. The molecular formula is C25H29N5O3. The molecule has 1 aliphatic heterocycles. The van der Waals surface area contributed by atoms with Gasteiger partial charge in [-0.3, -0.25) is 14.5 Å². The lowest BCUT2D eigenvalue weighted by Gasteiger charge is -2.18. The summed E-state index contributed by atoms with van der Waals surface area (Å²) in [6, 6.07) is 9.75. The number of hydrogen-bond donors (Lipinski definition) is 2. The van der Waals surface area contributed by atoms with Crippen LogP contribution in [0.25, 0.3) is 11.5 Å². The summed E-state index contributed by atoms with van der Waals surface area (Å²) in [6.07, 6.45) is 7.51. The Morgan fingerprint density at radius 3 is 2.55 bits per heavy atom. The van der Waals surface area contributed by atoms with Crippen molar-refractivity contribution in [2.75, 3.05) is 19.6 Å². The van der Waals surface area contributed by atoms with Gasteiger partial charge < -0.3 is 15.1 Å². The van der Waals surface area contributed by atoms with Gasteiger partial charge in [0, 0.05) is 25.2 Å². The largest absolute Gasteiger partial charge is 0.444 e. The SMILES string of the molecule is CCNC(=NCc1coc(-c2ccccc2)n1)NCCCN1C(=O)C2C3C=CC(C3)C2C1=O. The van der Waals surface area contributed by atoms with Gasteiger partial charge in [-0.1, -0.05) is 30.4 Å². The number of nitrogens with zero attached hydrogens (tertiary/aromatic N) is 3. The third-order valence-corrected chi connectivity index (χ3v) is 6.73. The number of carbonyl (C=O) groups excluding carboxylic acids is 2. The van der Waals surface area contributed by atoms with Crippen molar-refractivity contribution in [3.8, 4) is 11.5 Å². The molecule has 1 saturated carbocycles. The van der Waals surface area contributed by atoms with Crippen molar-refractivity contribution in [3.05, 3.63) is 54.4 Å². The second-order valence-corrected chi connectivity index (χ2v) is 8.81. The minimum atomic E-state index is -0.123. The number of benzene rings is 1. The van der Waals surface area contributed by atoms with Crippen molar-refractivity contribution in [2.45, 2.75) is 26.3 Å². The van der Waals surface area contributed by atoms with E-state index in [-0.39, 0.29) is 35.5 Å². The topological polar surface area (TPSA) is 99.8 Å². The number of carbonyl (C=O) groups is 2. The number of likely N-dealkylation sites (tertiary alicyclic amines) is 1. The van der Waals surface area contributed by atoms with Gasteiger partial charge in [0.25, 0.3) is 0 Å². The van der Waals surface area contributed by atoms with E-state index < -0.39 is 0 Å². The average molecular weight is 448 g/mol. The first kappa shape index (κ1) is 21.4. The van der Waals surface area contributed by atoms with Gasteiger partial charge in [0.2, 0.25) is 17.7 Å². The second kappa shape index (κ2) is 9.21. The van der Waals surface area contributed by atoms with E-state index in [0.717, 1.165) is 24.2 Å². The van der Waals surface area contributed by atoms with E-state index in [0.29, 0.717) is 37.9 Å². The number of rotatable bonds is 8. The molecule has 3 aliphatic rings. The van der Waals surface area contributed by atoms with Crippen molar-refractivity contribution in [1.82, 2.24) is 20.5 Å². The van der Waals surface area contributed by atoms with Crippen LogP contribution in [0, 0.1) is 23.7 Å². The standard InChI is InChI=1S/C25H29N5O3/c1-2-26-25(28-14-19-15-33-22(29-19)16-7-4-3-5-8-16)27-11-6-12-30-23(31)20-17-9-10-18(13-17)21(20)24(30)32/h3-5,7-10,15,17-18,20-21H,2,6,11-14H2,1H3,(H2,26,27,28). The number of allylic oxidation sites excluding steroid dienone is 2. The maximum atomic E-state index is 12.8. The highest BCUT2D eigenvalue weighted by Crippen LogP contribution is 2.52. The van der Waals surface area contributed by atoms with E-state index in [1.54, 1.807) is 6.26 Å². The Labute approximate surface area is 193 Å². The van der Waals surface area contributed by atoms with E-state index in [9.17, 15) is 9.59 Å². The highest BCUT2D eigenvalue weighted by molar-refractivity contribution is 6.06. The zero-order valence-corrected chi connectivity index (χ0v) is 18.7. The summed E-state index contributed by atoms with van der Waals surface area (Å²) in [5.74, 6) is 1.54. The Balaban J connectivity index is 1.12. The van der Waals surface area contributed by atoms with Gasteiger partial charge in [0.1, 0.15) is 12.0 Å². The molecule has 1 saturated heterocycles. The van der Waals surface area contributed by atoms with Crippen molar-refractivity contribution in [1.29, 1.82) is 0 Å². The number of oxazole rings is 1. The Kier molecular flexibility index (Phi) is 5.98. The number of guanidine groups is 1. The van der Waals surface area contributed by atoms with Gasteiger partial charge in [0.15, 0.2) is 5.96 Å². The predicted octanol–water partition coefficient (Wildman–Crippen LogP) is 2.59. The molecule has 4 atom stereocenters. The lowest BCUT2D eigenvalue weighted by molar-refractivity contribution is -0.140. The molecule has 2 N–H and O–H groups in total. The number of nitrogens with one attached hydrogen (secondary N) is 2. The maximum Gasteiger partial charge on any atom is 0.233 e. The molecule has 4 unspecified atom stereocenters. The molecule has 1 aromatic heterocycles. The zero-order chi connectivity index (χ0) is 22.8. The zero-order valence-electron chi connectivity index (χ0n) is 18.7. The minimum Gasteiger partial charge on any atom is -0.444 e. The van der Waals surface area contributed by atoms with Crippen LogP contribution in [0.15, 0.2) is 58.2 Å². The van der Waals surface area contributed by atoms with Crippen molar-refractivity contribution in [3.63, 3.8) is 0 Å². The first-order valence-corrected chi connectivity index (χ1v) is 11.7. The van der Waals surface area contributed by atoms with Crippen molar-refractivity contribution in [2.24, 2.45) is 28.7 Å². The molecule has 8 heteroatoms. The normalized spacial score (nSPS) is 25.7. The average Bonchev–Trinajstić information content (AvgIpc) is 3.61. The fourth-order valence-corrected chi connectivity index (χ4v) is 5.22. The molecule has 2 fully saturated rings. The molecule has 2 aliphatic carbocycles. The molecular weight excluding hydrogens is 418 g/mol. The molecule has 2 amide bonds. The molecule has 2 heterocycles. The summed E-state index contributed by atoms with van der Waals surface area (Å²) in [5.41, 5.74) is 1.67. The summed E-state index contributed by atoms with van der Waals surface area (Å²) in [5, 5.41) is 6.50. The summed E-state index contributed by atoms with van der Waals surface area (Å²) in [7, 11) is 0. The number of aromatic nitrogens is 1. The third-order valence-electron chi connectivity index (χ3n) is 6.73. The van der Waals surface area contributed by atoms with E-state index in [1.807, 2.05) is 37.3 Å². The van der Waals surface area contributed by atoms with Gasteiger partial charge in [-0.15, -0.1) is 0 Å². The first-order chi connectivity index (χ1) is 16.2. The van der Waals surface area contributed by atoms with Crippen LogP contribution in [0.2, 0.25) is 0 Å². The Hall–Kier alpha value is -3.42. The van der Waals surface area contributed by atoms with Crippen molar-refractivity contribution < 1.29 is 14.0 Å². The molecule has 0 radical (unpaired) electrons. The van der Waals surface area contributed by atoms with Crippen LogP contribution < -0.4 is 10.6 Å². The number of fused-ring (bicyclic) bond motifs is 5. The van der Waals surface area contributed by atoms with Gasteiger partial charge >= 0.3 is 0 Å². The van der Waals surface area contributed by atoms with Gasteiger partial charge in [0.05, 0.1) is 18.4 Å². The van der Waals surface area contributed by atoms with E-state index in [1.165, 1.54) is 4.90 Å². The van der Waals surface area contributed by atoms with Crippen LogP contribution in [0.3, 0.4) is 0 Å². The number of imide groups is 1. The molecule has 0 spiro atoms. The first-order valence-electron chi connectivity index (χ1n) is 11.7. The van der Waals surface area contributed by atoms with Crippen LogP contribution in [0.5, 0.6) is 0 Å². The fraction of sp³-hybridized carbons (Fsp3) is 0.440. The van der Waals surface area contributed by atoms with E-state index in [4.69, 9.17) is 4.42 Å². The predicted molar refractivity (Wildman–Crippen MR) is 124 cm³/mol. The highest BCUT2D eigenvalue weighted by atomic mass is 16.3. The molecule has 33 heavy (non-hydrogen) atoms. The Morgan fingerprint density at radius 2 is 1.85 bits per heavy atom. The van der Waals surface area contributed by atoms with Gasteiger partial charge in [-0.2, -0.15) is 0 Å². The molecule has 5 rings (SSSR count). The molecule has 2 bridgehead atoms. The third kappa shape index (κ3) is 4.17. The lowest BCUT2D eigenvalue weighted by Crippen LogP contribution is -2.40. The smallest absolute Gasteiger partial charge is 0.233 e. The highest BCUT2D eigenvalue weighted by Gasteiger charge is 2.58. The van der Waals surface area contributed by atoms with Gasteiger partial charge in [-0.05, 0) is 43.7 Å². The molecule has 1 aromatic carbocycles. The van der Waals surface area contributed by atoms with E-state index in [2.05, 4.69) is 32.8 Å². The van der Waals surface area contributed by atoms with E-state index >= 15 is 0 Å². The molecule has 8 nitrogen and oxygen atoms in total. The number of hydrogen-bond acceptors (Lipinski definition) is 5. The van der Waals surface area contributed by atoms with Crippen LogP contribution >= 0.6 is 0 Å². The van der Waals surface area contributed by atoms with Crippen molar-refractivity contribution >= 4 is 17.8 Å². The second-order valence-electron chi connectivity index (χ2n) is 8.81. The fourth-order valence-electron chi connectivity index (χ4n) is 5.22. The van der Waals surface area contributed by atoms with Crippen LogP contribution in [0.4, 0.5) is 0 Å². The number of aliphatic imine (C=N–C) groups is 1. The Bertz CT molecular complexity index is 1050. The number of amides is 2. The summed E-state index contributed by atoms with van der Waals surface area (Å²) >= 11 is 0. The van der Waals surface area contributed by atoms with Crippen LogP contribution in [-0.4, -0.2) is 47.3 Å².